The fraction of sp³-hybridized carbons (Fsp3) is 0.353. The molecular formula is C17H19Cl2N3O2S. The van der Waals surface area contributed by atoms with E-state index in [0.717, 1.165) is 12.1 Å². The highest BCUT2D eigenvalue weighted by atomic mass is 35.5. The first-order valence-corrected chi connectivity index (χ1v) is 10.2. The van der Waals surface area contributed by atoms with Crippen molar-refractivity contribution in [3.63, 3.8) is 0 Å². The molecule has 1 aliphatic heterocycles. The summed E-state index contributed by atoms with van der Waals surface area (Å²) in [6.07, 6.45) is 2.41. The Bertz CT molecular complexity index is 900. The van der Waals surface area contributed by atoms with Crippen LogP contribution in [-0.2, 0) is 23.0 Å². The summed E-state index contributed by atoms with van der Waals surface area (Å²) < 4.78 is 27.1. The van der Waals surface area contributed by atoms with Gasteiger partial charge < -0.3 is 0 Å². The molecule has 0 amide bonds. The molecule has 1 aromatic heterocycles. The summed E-state index contributed by atoms with van der Waals surface area (Å²) in [6, 6.07) is 7.23. The molecule has 0 N–H and O–H groups in total. The first kappa shape index (κ1) is 18.5. The van der Waals surface area contributed by atoms with Crippen LogP contribution in [0.4, 0.5) is 0 Å². The Morgan fingerprint density at radius 1 is 1.24 bits per heavy atom. The second-order valence-corrected chi connectivity index (χ2v) is 9.05. The number of benzene rings is 1. The molecule has 8 heteroatoms. The van der Waals surface area contributed by atoms with E-state index in [-0.39, 0.29) is 6.54 Å². The number of hydrogen-bond acceptors (Lipinski definition) is 3. The van der Waals surface area contributed by atoms with Crippen molar-refractivity contribution in [1.29, 1.82) is 0 Å². The minimum Gasteiger partial charge on any atom is -0.234 e. The third-order valence-electron chi connectivity index (χ3n) is 3.88. The SMILES string of the molecule is CC(C)Cc1cc(CN2CC=CS2(=O)=O)nn1-c1c(Cl)cccc1Cl. The van der Waals surface area contributed by atoms with Crippen LogP contribution in [0.3, 0.4) is 0 Å². The van der Waals surface area contributed by atoms with E-state index in [4.69, 9.17) is 23.2 Å². The van der Waals surface area contributed by atoms with E-state index >= 15 is 0 Å². The van der Waals surface area contributed by atoms with E-state index in [0.29, 0.717) is 33.9 Å². The van der Waals surface area contributed by atoms with Crippen LogP contribution in [0.25, 0.3) is 5.69 Å². The summed E-state index contributed by atoms with van der Waals surface area (Å²) in [5.41, 5.74) is 2.23. The number of nitrogens with zero attached hydrogens (tertiary/aromatic N) is 3. The summed E-state index contributed by atoms with van der Waals surface area (Å²) in [6.45, 7) is 4.80. The van der Waals surface area contributed by atoms with Crippen molar-refractivity contribution < 1.29 is 8.42 Å². The van der Waals surface area contributed by atoms with E-state index < -0.39 is 10.0 Å². The van der Waals surface area contributed by atoms with Crippen molar-refractivity contribution in [2.45, 2.75) is 26.8 Å². The van der Waals surface area contributed by atoms with Crippen LogP contribution in [0.15, 0.2) is 35.7 Å². The van der Waals surface area contributed by atoms with Gasteiger partial charge >= 0.3 is 0 Å². The fourth-order valence-electron chi connectivity index (χ4n) is 2.81. The molecule has 2 heterocycles. The van der Waals surface area contributed by atoms with Crippen LogP contribution >= 0.6 is 23.2 Å². The molecular weight excluding hydrogens is 381 g/mol. The molecule has 25 heavy (non-hydrogen) atoms. The number of para-hydroxylation sites is 1. The van der Waals surface area contributed by atoms with Crippen LogP contribution in [0, 0.1) is 5.92 Å². The molecule has 0 bridgehead atoms. The van der Waals surface area contributed by atoms with Crippen LogP contribution < -0.4 is 0 Å². The normalized spacial score (nSPS) is 16.8. The van der Waals surface area contributed by atoms with Gasteiger partial charge in [-0.05, 0) is 30.5 Å². The predicted octanol–water partition coefficient (Wildman–Crippen LogP) is 4.04. The lowest BCUT2D eigenvalue weighted by Gasteiger charge is -2.13. The summed E-state index contributed by atoms with van der Waals surface area (Å²) >= 11 is 12.7. The summed E-state index contributed by atoms with van der Waals surface area (Å²) in [4.78, 5) is 0. The van der Waals surface area contributed by atoms with Crippen molar-refractivity contribution in [2.24, 2.45) is 5.92 Å². The van der Waals surface area contributed by atoms with Crippen molar-refractivity contribution in [1.82, 2.24) is 14.1 Å². The Morgan fingerprint density at radius 3 is 2.48 bits per heavy atom. The molecule has 1 aliphatic rings. The van der Waals surface area contributed by atoms with Gasteiger partial charge in [-0.15, -0.1) is 0 Å². The Kier molecular flexibility index (Phi) is 5.25. The average molecular weight is 400 g/mol. The molecule has 0 aliphatic carbocycles. The van der Waals surface area contributed by atoms with E-state index in [9.17, 15) is 8.42 Å². The van der Waals surface area contributed by atoms with Crippen molar-refractivity contribution >= 4 is 33.2 Å². The van der Waals surface area contributed by atoms with Crippen molar-refractivity contribution in [2.75, 3.05) is 6.54 Å². The second-order valence-electron chi connectivity index (χ2n) is 6.42. The molecule has 3 rings (SSSR count). The molecule has 0 saturated heterocycles. The highest BCUT2D eigenvalue weighted by Crippen LogP contribution is 2.30. The van der Waals surface area contributed by atoms with Crippen LogP contribution in [0.2, 0.25) is 10.0 Å². The zero-order valence-corrected chi connectivity index (χ0v) is 16.3. The van der Waals surface area contributed by atoms with Crippen LogP contribution in [0.1, 0.15) is 25.2 Å². The maximum absolute atomic E-state index is 12.0. The lowest BCUT2D eigenvalue weighted by Crippen LogP contribution is -2.25. The van der Waals surface area contributed by atoms with Crippen molar-refractivity contribution in [3.8, 4) is 5.69 Å². The molecule has 0 atom stereocenters. The van der Waals surface area contributed by atoms with E-state index in [1.165, 1.54) is 9.71 Å². The van der Waals surface area contributed by atoms with Crippen LogP contribution in [-0.4, -0.2) is 29.0 Å². The Hall–Kier alpha value is -1.34. The van der Waals surface area contributed by atoms with Gasteiger partial charge in [0.05, 0.1) is 22.3 Å². The number of rotatable bonds is 5. The molecule has 0 unspecified atom stereocenters. The van der Waals surface area contributed by atoms with Gasteiger partial charge in [0.25, 0.3) is 0 Å². The molecule has 2 aromatic rings. The predicted molar refractivity (Wildman–Crippen MR) is 101 cm³/mol. The van der Waals surface area contributed by atoms with Crippen LogP contribution in [0.5, 0.6) is 0 Å². The van der Waals surface area contributed by atoms with Gasteiger partial charge in [0.1, 0.15) is 5.69 Å². The molecule has 0 saturated carbocycles. The highest BCUT2D eigenvalue weighted by molar-refractivity contribution is 7.92. The first-order chi connectivity index (χ1) is 11.8. The number of sulfonamides is 1. The molecule has 5 nitrogen and oxygen atoms in total. The van der Waals surface area contributed by atoms with E-state index in [1.807, 2.05) is 6.07 Å². The van der Waals surface area contributed by atoms with Gasteiger partial charge in [0.2, 0.25) is 10.0 Å². The lowest BCUT2D eigenvalue weighted by atomic mass is 10.1. The molecule has 0 spiro atoms. The molecule has 134 valence electrons. The molecule has 1 aromatic carbocycles. The largest absolute Gasteiger partial charge is 0.236 e. The highest BCUT2D eigenvalue weighted by Gasteiger charge is 2.25. The maximum atomic E-state index is 12.0. The summed E-state index contributed by atoms with van der Waals surface area (Å²) in [5, 5.41) is 6.83. The van der Waals surface area contributed by atoms with Gasteiger partial charge in [-0.1, -0.05) is 49.2 Å². The van der Waals surface area contributed by atoms with Crippen molar-refractivity contribution in [3.05, 3.63) is 57.2 Å². The number of hydrogen-bond donors (Lipinski definition) is 0. The zero-order chi connectivity index (χ0) is 18.2. The smallest absolute Gasteiger partial charge is 0.234 e. The summed E-state index contributed by atoms with van der Waals surface area (Å²) in [7, 11) is -3.34. The van der Waals surface area contributed by atoms with Gasteiger partial charge in [-0.25, -0.2) is 13.1 Å². The standard InChI is InChI=1S/C17H19Cl2N3O2S/c1-12(2)9-14-10-13(11-21-7-4-8-25(21,23)24)20-22(14)17-15(18)5-3-6-16(17)19/h3-6,8,10,12H,7,9,11H2,1-2H3. The quantitative estimate of drug-likeness (QED) is 0.761. The third-order valence-corrected chi connectivity index (χ3v) is 6.02. The van der Waals surface area contributed by atoms with Gasteiger partial charge in [-0.3, -0.25) is 0 Å². The second kappa shape index (κ2) is 7.11. The van der Waals surface area contributed by atoms with Gasteiger partial charge in [0, 0.05) is 17.6 Å². The topological polar surface area (TPSA) is 55.2 Å². The Balaban J connectivity index is 2.01. The zero-order valence-electron chi connectivity index (χ0n) is 14.0. The minimum atomic E-state index is -3.34. The third kappa shape index (κ3) is 3.92. The van der Waals surface area contributed by atoms with E-state index in [2.05, 4.69) is 18.9 Å². The number of aromatic nitrogens is 2. The number of halogens is 2. The minimum absolute atomic E-state index is 0.218. The van der Waals surface area contributed by atoms with Gasteiger partial charge in [0.15, 0.2) is 0 Å². The Morgan fingerprint density at radius 2 is 1.92 bits per heavy atom. The summed E-state index contributed by atoms with van der Waals surface area (Å²) in [5.74, 6) is 0.404. The molecule has 0 fully saturated rings. The molecule has 0 radical (unpaired) electrons. The lowest BCUT2D eigenvalue weighted by molar-refractivity contribution is 0.448. The maximum Gasteiger partial charge on any atom is 0.236 e. The Labute approximate surface area is 157 Å². The average Bonchev–Trinajstić information content (AvgIpc) is 3.02. The van der Waals surface area contributed by atoms with E-state index in [1.54, 1.807) is 29.0 Å². The first-order valence-electron chi connectivity index (χ1n) is 7.97. The fourth-order valence-corrected chi connectivity index (χ4v) is 4.47. The monoisotopic (exact) mass is 399 g/mol. The van der Waals surface area contributed by atoms with Gasteiger partial charge in [-0.2, -0.15) is 9.40 Å².